The average Bonchev–Trinajstić information content (AvgIpc) is 2.26. The first kappa shape index (κ1) is 11.5. The van der Waals surface area contributed by atoms with E-state index in [1.165, 1.54) is 6.92 Å². The van der Waals surface area contributed by atoms with Crippen LogP contribution < -0.4 is 10.6 Å². The minimum absolute atomic E-state index is 0.0443. The van der Waals surface area contributed by atoms with Gasteiger partial charge in [-0.1, -0.05) is 6.07 Å². The third-order valence-corrected chi connectivity index (χ3v) is 1.96. The van der Waals surface area contributed by atoms with Gasteiger partial charge in [-0.05, 0) is 25.1 Å². The van der Waals surface area contributed by atoms with Gasteiger partial charge in [-0.15, -0.1) is 0 Å². The van der Waals surface area contributed by atoms with E-state index in [-0.39, 0.29) is 12.5 Å². The molecule has 0 spiro atoms. The molecule has 4 heteroatoms. The molecule has 2 N–H and O–H groups in total. The van der Waals surface area contributed by atoms with E-state index in [9.17, 15) is 9.18 Å². The van der Waals surface area contributed by atoms with Crippen molar-refractivity contribution in [3.05, 3.63) is 29.8 Å². The molecule has 1 aromatic rings. The summed E-state index contributed by atoms with van der Waals surface area (Å²) in [7, 11) is 1.78. The standard InChI is InChI=1S/C11H15FN2O/c1-8(12)7-14-11(15)9-4-3-5-10(6-9)13-2/h3-6,8,13H,7H2,1-2H3,(H,14,15). The van der Waals surface area contributed by atoms with E-state index in [0.717, 1.165) is 5.69 Å². The molecule has 0 saturated carbocycles. The molecule has 0 aliphatic heterocycles. The Balaban J connectivity index is 2.65. The molecule has 0 aliphatic carbocycles. The van der Waals surface area contributed by atoms with Gasteiger partial charge in [0, 0.05) is 24.8 Å². The highest BCUT2D eigenvalue weighted by molar-refractivity contribution is 5.95. The first-order valence-corrected chi connectivity index (χ1v) is 4.83. The molecular weight excluding hydrogens is 195 g/mol. The summed E-state index contributed by atoms with van der Waals surface area (Å²) in [4.78, 5) is 11.5. The molecule has 1 unspecified atom stereocenters. The molecule has 1 rings (SSSR count). The molecule has 0 aromatic heterocycles. The van der Waals surface area contributed by atoms with Crippen molar-refractivity contribution in [1.29, 1.82) is 0 Å². The highest BCUT2D eigenvalue weighted by Gasteiger charge is 2.06. The lowest BCUT2D eigenvalue weighted by molar-refractivity contribution is 0.0943. The number of rotatable bonds is 4. The van der Waals surface area contributed by atoms with Gasteiger partial charge < -0.3 is 10.6 Å². The lowest BCUT2D eigenvalue weighted by Crippen LogP contribution is -2.28. The summed E-state index contributed by atoms with van der Waals surface area (Å²) in [5.74, 6) is -0.253. The zero-order valence-corrected chi connectivity index (χ0v) is 8.88. The summed E-state index contributed by atoms with van der Waals surface area (Å²) < 4.78 is 12.5. The maximum atomic E-state index is 12.5. The van der Waals surface area contributed by atoms with Crippen molar-refractivity contribution in [2.45, 2.75) is 13.1 Å². The summed E-state index contributed by atoms with van der Waals surface area (Å²) >= 11 is 0. The Bertz CT molecular complexity index is 339. The highest BCUT2D eigenvalue weighted by atomic mass is 19.1. The Morgan fingerprint density at radius 1 is 1.53 bits per heavy atom. The molecule has 15 heavy (non-hydrogen) atoms. The van der Waals surface area contributed by atoms with Crippen LogP contribution in [0, 0.1) is 0 Å². The van der Waals surface area contributed by atoms with Crippen molar-refractivity contribution < 1.29 is 9.18 Å². The molecule has 3 nitrogen and oxygen atoms in total. The minimum atomic E-state index is -1.03. The van der Waals surface area contributed by atoms with Gasteiger partial charge in [0.2, 0.25) is 0 Å². The van der Waals surface area contributed by atoms with Crippen LogP contribution in [-0.2, 0) is 0 Å². The number of hydrogen-bond acceptors (Lipinski definition) is 2. The smallest absolute Gasteiger partial charge is 0.251 e. The number of halogens is 1. The first-order valence-electron chi connectivity index (χ1n) is 4.83. The average molecular weight is 210 g/mol. The molecule has 0 heterocycles. The Hall–Kier alpha value is -1.58. The summed E-state index contributed by atoms with van der Waals surface area (Å²) in [6, 6.07) is 7.05. The first-order chi connectivity index (χ1) is 7.13. The Morgan fingerprint density at radius 3 is 2.87 bits per heavy atom. The summed E-state index contributed by atoms with van der Waals surface area (Å²) in [5.41, 5.74) is 1.39. The SMILES string of the molecule is CNc1cccc(C(=O)NCC(C)F)c1. The molecule has 0 bridgehead atoms. The van der Waals surface area contributed by atoms with Gasteiger partial charge in [-0.25, -0.2) is 4.39 Å². The predicted molar refractivity (Wildman–Crippen MR) is 58.9 cm³/mol. The van der Waals surface area contributed by atoms with E-state index in [1.54, 1.807) is 25.2 Å². The zero-order valence-electron chi connectivity index (χ0n) is 8.88. The zero-order chi connectivity index (χ0) is 11.3. The Kier molecular flexibility index (Phi) is 4.09. The van der Waals surface area contributed by atoms with Crippen LogP contribution in [0.5, 0.6) is 0 Å². The van der Waals surface area contributed by atoms with Gasteiger partial charge in [0.05, 0.1) is 0 Å². The second kappa shape index (κ2) is 5.34. The van der Waals surface area contributed by atoms with E-state index in [0.29, 0.717) is 5.56 Å². The maximum Gasteiger partial charge on any atom is 0.251 e. The van der Waals surface area contributed by atoms with Gasteiger partial charge in [0.15, 0.2) is 0 Å². The van der Waals surface area contributed by atoms with Gasteiger partial charge in [0.1, 0.15) is 6.17 Å². The van der Waals surface area contributed by atoms with Crippen LogP contribution in [-0.4, -0.2) is 25.7 Å². The second-order valence-electron chi connectivity index (χ2n) is 3.32. The van der Waals surface area contributed by atoms with Gasteiger partial charge >= 0.3 is 0 Å². The highest BCUT2D eigenvalue weighted by Crippen LogP contribution is 2.09. The van der Waals surface area contributed by atoms with E-state index in [4.69, 9.17) is 0 Å². The van der Waals surface area contributed by atoms with Gasteiger partial charge in [-0.3, -0.25) is 4.79 Å². The fraction of sp³-hybridized carbons (Fsp3) is 0.364. The molecule has 1 amide bonds. The van der Waals surface area contributed by atoms with E-state index < -0.39 is 6.17 Å². The molecule has 0 fully saturated rings. The van der Waals surface area contributed by atoms with Crippen LogP contribution in [0.3, 0.4) is 0 Å². The Morgan fingerprint density at radius 2 is 2.27 bits per heavy atom. The van der Waals surface area contributed by atoms with Gasteiger partial charge in [-0.2, -0.15) is 0 Å². The van der Waals surface area contributed by atoms with Crippen LogP contribution in [0.2, 0.25) is 0 Å². The Labute approximate surface area is 88.7 Å². The molecule has 0 saturated heterocycles. The number of alkyl halides is 1. The van der Waals surface area contributed by atoms with Crippen LogP contribution >= 0.6 is 0 Å². The number of amides is 1. The molecule has 0 aliphatic rings. The lowest BCUT2D eigenvalue weighted by atomic mass is 10.2. The number of carbonyl (C=O) groups is 1. The molecule has 82 valence electrons. The van der Waals surface area contributed by atoms with Gasteiger partial charge in [0.25, 0.3) is 5.91 Å². The van der Waals surface area contributed by atoms with Crippen molar-refractivity contribution in [2.75, 3.05) is 18.9 Å². The molecule has 0 radical (unpaired) electrons. The summed E-state index contributed by atoms with van der Waals surface area (Å²) in [6.07, 6.45) is -1.03. The molecule has 1 aromatic carbocycles. The van der Waals surface area contributed by atoms with Crippen molar-refractivity contribution >= 4 is 11.6 Å². The third-order valence-electron chi connectivity index (χ3n) is 1.96. The predicted octanol–water partition coefficient (Wildman–Crippen LogP) is 1.82. The topological polar surface area (TPSA) is 41.1 Å². The lowest BCUT2D eigenvalue weighted by Gasteiger charge is -2.07. The van der Waals surface area contributed by atoms with Crippen LogP contribution in [0.25, 0.3) is 0 Å². The third kappa shape index (κ3) is 3.58. The van der Waals surface area contributed by atoms with E-state index in [2.05, 4.69) is 10.6 Å². The minimum Gasteiger partial charge on any atom is -0.388 e. The van der Waals surface area contributed by atoms with Crippen molar-refractivity contribution in [2.24, 2.45) is 0 Å². The van der Waals surface area contributed by atoms with Crippen molar-refractivity contribution in [3.63, 3.8) is 0 Å². The van der Waals surface area contributed by atoms with E-state index >= 15 is 0 Å². The quantitative estimate of drug-likeness (QED) is 0.795. The van der Waals surface area contributed by atoms with Crippen molar-refractivity contribution in [3.8, 4) is 0 Å². The second-order valence-corrected chi connectivity index (χ2v) is 3.32. The van der Waals surface area contributed by atoms with Crippen LogP contribution in [0.4, 0.5) is 10.1 Å². The number of anilines is 1. The monoisotopic (exact) mass is 210 g/mol. The van der Waals surface area contributed by atoms with Crippen LogP contribution in [0.15, 0.2) is 24.3 Å². The number of benzene rings is 1. The van der Waals surface area contributed by atoms with Crippen molar-refractivity contribution in [1.82, 2.24) is 5.32 Å². The molecule has 1 atom stereocenters. The fourth-order valence-corrected chi connectivity index (χ4v) is 1.15. The normalized spacial score (nSPS) is 11.9. The largest absolute Gasteiger partial charge is 0.388 e. The number of hydrogen-bond donors (Lipinski definition) is 2. The maximum absolute atomic E-state index is 12.5. The number of carbonyl (C=O) groups excluding carboxylic acids is 1. The summed E-state index contributed by atoms with van der Waals surface area (Å²) in [5, 5.41) is 5.44. The number of nitrogens with one attached hydrogen (secondary N) is 2. The van der Waals surface area contributed by atoms with Crippen LogP contribution in [0.1, 0.15) is 17.3 Å². The molecular formula is C11H15FN2O. The van der Waals surface area contributed by atoms with E-state index in [1.807, 2.05) is 6.07 Å². The fourth-order valence-electron chi connectivity index (χ4n) is 1.15. The summed E-state index contributed by atoms with van der Waals surface area (Å²) in [6.45, 7) is 1.45.